The summed E-state index contributed by atoms with van der Waals surface area (Å²) in [4.78, 5) is 25.9. The van der Waals surface area contributed by atoms with E-state index in [2.05, 4.69) is 0 Å². The van der Waals surface area contributed by atoms with E-state index in [1.54, 1.807) is 12.1 Å². The third-order valence-corrected chi connectivity index (χ3v) is 6.03. The fraction of sp³-hybridized carbons (Fsp3) is 0.120. The van der Waals surface area contributed by atoms with E-state index >= 15 is 0 Å². The van der Waals surface area contributed by atoms with Gasteiger partial charge in [-0.3, -0.25) is 14.5 Å². The number of alkyl halides is 3. The Kier molecular flexibility index (Phi) is 6.71. The van der Waals surface area contributed by atoms with Gasteiger partial charge in [0.05, 0.1) is 33.6 Å². The number of imide groups is 1. The van der Waals surface area contributed by atoms with Crippen molar-refractivity contribution < 1.29 is 31.5 Å². The fourth-order valence-electron chi connectivity index (χ4n) is 3.72. The predicted molar refractivity (Wildman–Crippen MR) is 121 cm³/mol. The summed E-state index contributed by atoms with van der Waals surface area (Å²) < 4.78 is 69.3. The number of hydrogen-bond acceptors (Lipinski definition) is 2. The molecule has 0 N–H and O–H groups in total. The molecular weight excluding hydrogens is 512 g/mol. The Hall–Kier alpha value is -3.23. The Balaban J connectivity index is 1.57. The number of allylic oxidation sites excluding steroid dienone is 1. The van der Waals surface area contributed by atoms with Gasteiger partial charge in [-0.2, -0.15) is 13.2 Å². The number of amides is 2. The second kappa shape index (κ2) is 9.43. The minimum atomic E-state index is -4.76. The van der Waals surface area contributed by atoms with E-state index in [9.17, 15) is 31.5 Å². The summed E-state index contributed by atoms with van der Waals surface area (Å²) in [6, 6.07) is 11.5. The van der Waals surface area contributed by atoms with Crippen molar-refractivity contribution in [3.05, 3.63) is 110 Å². The highest BCUT2D eigenvalue weighted by molar-refractivity contribution is 6.35. The van der Waals surface area contributed by atoms with E-state index in [4.69, 9.17) is 23.2 Å². The molecule has 0 aromatic heterocycles. The zero-order chi connectivity index (χ0) is 25.5. The standard InChI is InChI=1S/C25H14Cl2F5NO2/c26-19-10-15(11-20(27)22(19)29)18(25(30,31)32)8-6-13-5-7-14(21(28)9-13)12-33-23(34)16-3-1-2-4-17(16)24(33)35/h1-11,18H,12H2. The molecule has 3 nitrogen and oxygen atoms in total. The van der Waals surface area contributed by atoms with Gasteiger partial charge >= 0.3 is 6.18 Å². The summed E-state index contributed by atoms with van der Waals surface area (Å²) in [6.45, 7) is -0.333. The van der Waals surface area contributed by atoms with Crippen LogP contribution in [0.1, 0.15) is 43.3 Å². The second-order valence-corrected chi connectivity index (χ2v) is 8.58. The molecule has 0 radical (unpaired) electrons. The average Bonchev–Trinajstić information content (AvgIpc) is 3.03. The highest BCUT2D eigenvalue weighted by Crippen LogP contribution is 2.39. The van der Waals surface area contributed by atoms with E-state index in [0.29, 0.717) is 0 Å². The number of fused-ring (bicyclic) bond motifs is 1. The molecule has 1 aliphatic heterocycles. The Morgan fingerprint density at radius 2 is 1.46 bits per heavy atom. The molecule has 3 aromatic carbocycles. The summed E-state index contributed by atoms with van der Waals surface area (Å²) >= 11 is 11.3. The summed E-state index contributed by atoms with van der Waals surface area (Å²) in [6.07, 6.45) is -2.93. The molecule has 10 heteroatoms. The number of rotatable bonds is 5. The van der Waals surface area contributed by atoms with Gasteiger partial charge in [0.2, 0.25) is 0 Å². The third-order valence-electron chi connectivity index (χ3n) is 5.48. The van der Waals surface area contributed by atoms with Crippen molar-refractivity contribution in [1.82, 2.24) is 4.90 Å². The molecule has 0 saturated carbocycles. The lowest BCUT2D eigenvalue weighted by molar-refractivity contribution is -0.139. The van der Waals surface area contributed by atoms with E-state index in [1.165, 1.54) is 24.3 Å². The third kappa shape index (κ3) is 4.94. The highest BCUT2D eigenvalue weighted by Gasteiger charge is 2.39. The molecule has 1 unspecified atom stereocenters. The number of benzene rings is 3. The molecule has 0 bridgehead atoms. The number of carbonyl (C=O) groups is 2. The lowest BCUT2D eigenvalue weighted by atomic mass is 9.96. The lowest BCUT2D eigenvalue weighted by Gasteiger charge is -2.18. The number of carbonyl (C=O) groups excluding carboxylic acids is 2. The van der Waals surface area contributed by atoms with Gasteiger partial charge in [0.15, 0.2) is 5.82 Å². The van der Waals surface area contributed by atoms with Crippen molar-refractivity contribution >= 4 is 41.1 Å². The Labute approximate surface area is 206 Å². The van der Waals surface area contributed by atoms with Gasteiger partial charge in [-0.05, 0) is 41.5 Å². The second-order valence-electron chi connectivity index (χ2n) is 7.77. The van der Waals surface area contributed by atoms with Gasteiger partial charge in [0, 0.05) is 5.56 Å². The molecule has 180 valence electrons. The first-order chi connectivity index (χ1) is 16.5. The van der Waals surface area contributed by atoms with Crippen LogP contribution in [0.15, 0.2) is 60.7 Å². The molecule has 2 amide bonds. The van der Waals surface area contributed by atoms with Crippen LogP contribution in [0.25, 0.3) is 6.08 Å². The quantitative estimate of drug-likeness (QED) is 0.197. The maximum atomic E-state index is 14.7. The van der Waals surface area contributed by atoms with Crippen molar-refractivity contribution in [1.29, 1.82) is 0 Å². The Morgan fingerprint density at radius 3 is 1.97 bits per heavy atom. The molecular formula is C25H14Cl2F5NO2. The highest BCUT2D eigenvalue weighted by atomic mass is 35.5. The molecule has 0 saturated heterocycles. The van der Waals surface area contributed by atoms with Gasteiger partial charge < -0.3 is 0 Å². The van der Waals surface area contributed by atoms with Crippen LogP contribution in [0.3, 0.4) is 0 Å². The summed E-state index contributed by atoms with van der Waals surface area (Å²) in [5.74, 6) is -5.13. The zero-order valence-corrected chi connectivity index (χ0v) is 19.1. The minimum Gasteiger partial charge on any atom is -0.270 e. The first-order valence-corrected chi connectivity index (χ1v) is 10.9. The number of hydrogen-bond donors (Lipinski definition) is 0. The van der Waals surface area contributed by atoms with Crippen LogP contribution in [-0.2, 0) is 6.54 Å². The van der Waals surface area contributed by atoms with E-state index in [-0.39, 0.29) is 34.4 Å². The summed E-state index contributed by atoms with van der Waals surface area (Å²) in [7, 11) is 0. The molecule has 3 aromatic rings. The normalized spacial score (nSPS) is 14.7. The van der Waals surface area contributed by atoms with Gasteiger partial charge in [-0.15, -0.1) is 0 Å². The topological polar surface area (TPSA) is 37.4 Å². The number of halogens is 7. The van der Waals surface area contributed by atoms with Gasteiger partial charge in [-0.25, -0.2) is 8.78 Å². The smallest absolute Gasteiger partial charge is 0.270 e. The molecule has 4 rings (SSSR count). The molecule has 1 atom stereocenters. The van der Waals surface area contributed by atoms with Crippen LogP contribution >= 0.6 is 23.2 Å². The Bertz CT molecular complexity index is 1310. The molecule has 0 fully saturated rings. The average molecular weight is 526 g/mol. The molecule has 0 aliphatic carbocycles. The molecule has 1 heterocycles. The SMILES string of the molecule is O=C1c2ccccc2C(=O)N1Cc1ccc(C=CC(c2cc(Cl)c(F)c(Cl)c2)C(F)(F)F)cc1F. The van der Waals surface area contributed by atoms with Crippen molar-refractivity contribution in [2.45, 2.75) is 18.6 Å². The van der Waals surface area contributed by atoms with Crippen LogP contribution in [0, 0.1) is 11.6 Å². The molecule has 0 spiro atoms. The van der Waals surface area contributed by atoms with Crippen LogP contribution in [0.5, 0.6) is 0 Å². The summed E-state index contributed by atoms with van der Waals surface area (Å²) in [5, 5.41) is -1.11. The van der Waals surface area contributed by atoms with Crippen molar-refractivity contribution in [2.24, 2.45) is 0 Å². The van der Waals surface area contributed by atoms with Crippen LogP contribution in [-0.4, -0.2) is 22.9 Å². The lowest BCUT2D eigenvalue weighted by Crippen LogP contribution is -2.29. The van der Waals surface area contributed by atoms with Crippen LogP contribution in [0.4, 0.5) is 22.0 Å². The monoisotopic (exact) mass is 525 g/mol. The van der Waals surface area contributed by atoms with Crippen LogP contribution in [0.2, 0.25) is 10.0 Å². The molecule has 1 aliphatic rings. The maximum Gasteiger partial charge on any atom is 0.399 e. The van der Waals surface area contributed by atoms with E-state index in [1.807, 2.05) is 0 Å². The van der Waals surface area contributed by atoms with Crippen molar-refractivity contribution in [3.63, 3.8) is 0 Å². The predicted octanol–water partition coefficient (Wildman–Crippen LogP) is 7.43. The maximum absolute atomic E-state index is 14.7. The first kappa shape index (κ1) is 24.9. The van der Waals surface area contributed by atoms with Crippen molar-refractivity contribution in [3.8, 4) is 0 Å². The Morgan fingerprint density at radius 1 is 0.886 bits per heavy atom. The van der Waals surface area contributed by atoms with E-state index < -0.39 is 45.6 Å². The number of nitrogens with zero attached hydrogens (tertiary/aromatic N) is 1. The summed E-state index contributed by atoms with van der Waals surface area (Å²) in [5.41, 5.74) is 0.171. The van der Waals surface area contributed by atoms with Gasteiger partial charge in [0.25, 0.3) is 11.8 Å². The van der Waals surface area contributed by atoms with Crippen LogP contribution < -0.4 is 0 Å². The van der Waals surface area contributed by atoms with E-state index in [0.717, 1.165) is 35.3 Å². The van der Waals surface area contributed by atoms with Crippen molar-refractivity contribution in [2.75, 3.05) is 0 Å². The van der Waals surface area contributed by atoms with Gasteiger partial charge in [0.1, 0.15) is 5.82 Å². The fourth-order valence-corrected chi connectivity index (χ4v) is 4.22. The molecule has 35 heavy (non-hydrogen) atoms. The van der Waals surface area contributed by atoms with Gasteiger partial charge in [-0.1, -0.05) is 59.6 Å². The largest absolute Gasteiger partial charge is 0.399 e. The zero-order valence-electron chi connectivity index (χ0n) is 17.5. The first-order valence-electron chi connectivity index (χ1n) is 10.1. The minimum absolute atomic E-state index is 0.0149.